The fourth-order valence-corrected chi connectivity index (χ4v) is 3.40. The number of anilines is 2. The first-order chi connectivity index (χ1) is 10.7. The number of hydrogen-bond acceptors (Lipinski definition) is 3. The summed E-state index contributed by atoms with van der Waals surface area (Å²) in [5, 5.41) is 13.3. The highest BCUT2D eigenvalue weighted by Gasteiger charge is 2.19. The van der Waals surface area contributed by atoms with Gasteiger partial charge in [0, 0.05) is 16.6 Å². The van der Waals surface area contributed by atoms with Crippen LogP contribution in [0.3, 0.4) is 0 Å². The largest absolute Gasteiger partial charge is 0.393 e. The van der Waals surface area contributed by atoms with Gasteiger partial charge in [-0.1, -0.05) is 28.1 Å². The fourth-order valence-electron chi connectivity index (χ4n) is 3.05. The lowest BCUT2D eigenvalue weighted by molar-refractivity contribution is 0.159. The summed E-state index contributed by atoms with van der Waals surface area (Å²) in [6.07, 6.45) is 2.22. The minimum atomic E-state index is -0.248. The highest BCUT2D eigenvalue weighted by atomic mass is 79.9. The summed E-state index contributed by atoms with van der Waals surface area (Å²) in [7, 11) is 0. The molecule has 1 aliphatic rings. The summed E-state index contributed by atoms with van der Waals surface area (Å²) < 4.78 is 1.01. The summed E-state index contributed by atoms with van der Waals surface area (Å²) in [5.74, 6) is 0.724. The number of fused-ring (bicyclic) bond motifs is 2. The maximum Gasteiger partial charge on any atom is 0.205 e. The van der Waals surface area contributed by atoms with E-state index in [4.69, 9.17) is 0 Å². The molecule has 0 fully saturated rings. The molecule has 1 unspecified atom stereocenters. The summed E-state index contributed by atoms with van der Waals surface area (Å²) in [5.41, 5.74) is 5.45. The number of benzene rings is 2. The van der Waals surface area contributed by atoms with Crippen LogP contribution in [0, 0.1) is 0 Å². The van der Waals surface area contributed by atoms with Gasteiger partial charge in [0.1, 0.15) is 0 Å². The molecule has 0 radical (unpaired) electrons. The number of nitrogens with zero attached hydrogens (tertiary/aromatic N) is 1. The summed E-state index contributed by atoms with van der Waals surface area (Å²) >= 11 is 3.46. The van der Waals surface area contributed by atoms with Gasteiger partial charge < -0.3 is 15.4 Å². The molecule has 4 nitrogen and oxygen atoms in total. The molecule has 112 valence electrons. The predicted octanol–water partition coefficient (Wildman–Crippen LogP) is 3.92. The second-order valence-corrected chi connectivity index (χ2v) is 6.63. The van der Waals surface area contributed by atoms with E-state index in [2.05, 4.69) is 43.3 Å². The van der Waals surface area contributed by atoms with E-state index in [9.17, 15) is 5.11 Å². The molecule has 3 aromatic rings. The maximum absolute atomic E-state index is 9.93. The molecule has 4 rings (SSSR count). The van der Waals surface area contributed by atoms with Crippen molar-refractivity contribution in [3.05, 3.63) is 52.0 Å². The number of aromatic amines is 1. The van der Waals surface area contributed by atoms with E-state index >= 15 is 0 Å². The molecule has 2 aromatic carbocycles. The average molecular weight is 358 g/mol. The molecule has 0 aliphatic heterocycles. The number of H-pyrrole nitrogens is 1. The number of imidazole rings is 1. The van der Waals surface area contributed by atoms with E-state index < -0.39 is 0 Å². The highest BCUT2D eigenvalue weighted by molar-refractivity contribution is 9.10. The van der Waals surface area contributed by atoms with Gasteiger partial charge in [-0.2, -0.15) is 0 Å². The lowest BCUT2D eigenvalue weighted by Crippen LogP contribution is -2.19. The van der Waals surface area contributed by atoms with Crippen molar-refractivity contribution in [2.45, 2.75) is 25.4 Å². The number of hydrogen-bond donors (Lipinski definition) is 3. The van der Waals surface area contributed by atoms with E-state index in [1.54, 1.807) is 0 Å². The Morgan fingerprint density at radius 3 is 3.09 bits per heavy atom. The fraction of sp³-hybridized carbons (Fsp3) is 0.235. The number of rotatable bonds is 2. The zero-order valence-electron chi connectivity index (χ0n) is 11.9. The van der Waals surface area contributed by atoms with Crippen molar-refractivity contribution >= 4 is 38.6 Å². The molecule has 1 aromatic heterocycles. The standard InChI is InChI=1S/C17H16BrN3O/c18-11-5-7-15-16(8-11)21-17(20-15)19-14-3-1-2-10-4-6-12(22)9-13(10)14/h1-3,5,7-8,12,22H,4,6,9H2,(H2,19,20,21). The van der Waals surface area contributed by atoms with Crippen LogP contribution in [0.4, 0.5) is 11.6 Å². The first-order valence-electron chi connectivity index (χ1n) is 7.40. The number of aliphatic hydroxyl groups is 1. The molecular formula is C17H16BrN3O. The topological polar surface area (TPSA) is 60.9 Å². The Morgan fingerprint density at radius 2 is 2.18 bits per heavy atom. The molecule has 0 saturated heterocycles. The molecule has 1 aliphatic carbocycles. The van der Waals surface area contributed by atoms with Crippen LogP contribution in [-0.4, -0.2) is 21.2 Å². The van der Waals surface area contributed by atoms with Gasteiger partial charge in [0.2, 0.25) is 5.95 Å². The van der Waals surface area contributed by atoms with Crippen LogP contribution in [0.1, 0.15) is 17.5 Å². The minimum absolute atomic E-state index is 0.248. The summed E-state index contributed by atoms with van der Waals surface area (Å²) in [6.45, 7) is 0. The summed E-state index contributed by atoms with van der Waals surface area (Å²) in [6, 6.07) is 12.2. The van der Waals surface area contributed by atoms with E-state index in [0.29, 0.717) is 6.42 Å². The van der Waals surface area contributed by atoms with Crippen molar-refractivity contribution < 1.29 is 5.11 Å². The first-order valence-corrected chi connectivity index (χ1v) is 8.19. The van der Waals surface area contributed by atoms with Crippen molar-refractivity contribution in [1.29, 1.82) is 0 Å². The Morgan fingerprint density at radius 1 is 1.27 bits per heavy atom. The number of aliphatic hydroxyl groups excluding tert-OH is 1. The summed E-state index contributed by atoms with van der Waals surface area (Å²) in [4.78, 5) is 7.86. The van der Waals surface area contributed by atoms with E-state index in [0.717, 1.165) is 40.0 Å². The lowest BCUT2D eigenvalue weighted by Gasteiger charge is -2.23. The van der Waals surface area contributed by atoms with Gasteiger partial charge in [-0.25, -0.2) is 4.98 Å². The minimum Gasteiger partial charge on any atom is -0.393 e. The van der Waals surface area contributed by atoms with Gasteiger partial charge in [0.25, 0.3) is 0 Å². The van der Waals surface area contributed by atoms with Crippen LogP contribution < -0.4 is 5.32 Å². The van der Waals surface area contributed by atoms with Crippen molar-refractivity contribution in [3.63, 3.8) is 0 Å². The van der Waals surface area contributed by atoms with Crippen molar-refractivity contribution in [1.82, 2.24) is 9.97 Å². The molecule has 0 amide bonds. The van der Waals surface area contributed by atoms with Crippen molar-refractivity contribution in [3.8, 4) is 0 Å². The second kappa shape index (κ2) is 5.41. The SMILES string of the molecule is OC1CCc2cccc(Nc3nc4cc(Br)ccc4[nH]3)c2C1. The van der Waals surface area contributed by atoms with Crippen LogP contribution in [0.2, 0.25) is 0 Å². The van der Waals surface area contributed by atoms with E-state index in [-0.39, 0.29) is 6.10 Å². The Kier molecular flexibility index (Phi) is 3.39. The van der Waals surface area contributed by atoms with Crippen LogP contribution >= 0.6 is 15.9 Å². The Balaban J connectivity index is 1.70. The Labute approximate surface area is 136 Å². The molecule has 3 N–H and O–H groups in total. The lowest BCUT2D eigenvalue weighted by atomic mass is 9.88. The van der Waals surface area contributed by atoms with Crippen LogP contribution in [0.25, 0.3) is 11.0 Å². The average Bonchev–Trinajstić information content (AvgIpc) is 2.89. The zero-order valence-corrected chi connectivity index (χ0v) is 13.5. The molecule has 0 spiro atoms. The van der Waals surface area contributed by atoms with E-state index in [1.807, 2.05) is 24.3 Å². The molecule has 5 heteroatoms. The van der Waals surface area contributed by atoms with Gasteiger partial charge in [0.15, 0.2) is 0 Å². The third-order valence-corrected chi connectivity index (χ3v) is 4.65. The molecule has 1 atom stereocenters. The van der Waals surface area contributed by atoms with Crippen molar-refractivity contribution in [2.75, 3.05) is 5.32 Å². The second-order valence-electron chi connectivity index (χ2n) is 5.71. The third-order valence-electron chi connectivity index (χ3n) is 4.16. The monoisotopic (exact) mass is 357 g/mol. The smallest absolute Gasteiger partial charge is 0.205 e. The highest BCUT2D eigenvalue weighted by Crippen LogP contribution is 2.30. The van der Waals surface area contributed by atoms with Crippen LogP contribution in [0.5, 0.6) is 0 Å². The van der Waals surface area contributed by atoms with Crippen LogP contribution in [-0.2, 0) is 12.8 Å². The molecule has 1 heterocycles. The van der Waals surface area contributed by atoms with Gasteiger partial charge in [-0.15, -0.1) is 0 Å². The van der Waals surface area contributed by atoms with Gasteiger partial charge in [-0.05, 0) is 48.2 Å². The van der Waals surface area contributed by atoms with Crippen molar-refractivity contribution in [2.24, 2.45) is 0 Å². The van der Waals surface area contributed by atoms with Crippen LogP contribution in [0.15, 0.2) is 40.9 Å². The quantitative estimate of drug-likeness (QED) is 0.651. The first kappa shape index (κ1) is 13.8. The molecule has 22 heavy (non-hydrogen) atoms. The van der Waals surface area contributed by atoms with Gasteiger partial charge in [0.05, 0.1) is 17.1 Å². The molecular weight excluding hydrogens is 342 g/mol. The predicted molar refractivity (Wildman–Crippen MR) is 91.6 cm³/mol. The van der Waals surface area contributed by atoms with Gasteiger partial charge in [-0.3, -0.25) is 0 Å². The van der Waals surface area contributed by atoms with E-state index in [1.165, 1.54) is 11.1 Å². The third kappa shape index (κ3) is 2.51. The normalized spacial score (nSPS) is 17.5. The Hall–Kier alpha value is -1.85. The zero-order chi connectivity index (χ0) is 15.1. The maximum atomic E-state index is 9.93. The van der Waals surface area contributed by atoms with Gasteiger partial charge >= 0.3 is 0 Å². The number of nitrogens with one attached hydrogen (secondary N) is 2. The molecule has 0 bridgehead atoms. The molecule has 0 saturated carbocycles. The number of aromatic nitrogens is 2. The number of halogens is 1. The number of aryl methyl sites for hydroxylation is 1. The Bertz CT molecular complexity index is 843.